The van der Waals surface area contributed by atoms with Crippen molar-refractivity contribution in [2.75, 3.05) is 7.11 Å². The van der Waals surface area contributed by atoms with Gasteiger partial charge in [0, 0.05) is 10.6 Å². The molecule has 4 rings (SSSR count). The Hall–Kier alpha value is -3.48. The van der Waals surface area contributed by atoms with Crippen molar-refractivity contribution in [1.82, 2.24) is 4.90 Å². The van der Waals surface area contributed by atoms with Crippen LogP contribution in [0.4, 0.5) is 4.79 Å². The smallest absolute Gasteiger partial charge is 0.293 e. The first kappa shape index (κ1) is 25.6. The lowest BCUT2D eigenvalue weighted by atomic mass is 10.0. The van der Waals surface area contributed by atoms with E-state index in [9.17, 15) is 9.59 Å². The average molecular weight is 520 g/mol. The van der Waals surface area contributed by atoms with E-state index in [1.165, 1.54) is 4.90 Å². The minimum atomic E-state index is -0.307. The van der Waals surface area contributed by atoms with E-state index in [0.29, 0.717) is 34.5 Å². The number of nitrogens with zero attached hydrogens (tertiary/aromatic N) is 1. The van der Waals surface area contributed by atoms with Gasteiger partial charge < -0.3 is 9.47 Å². The standard InChI is InChI=1S/C29H26ClNO4S/c1-4-6-23-14-22(15-25(34-3)27(23)35-18-20-9-11-24(30)12-10-20)16-26-28(32)31(29(33)36-26)17-21-8-5-7-19(2)13-21/h4-5,7-16H,1,6,17-18H2,2-3H3/b26-16-. The number of thioether (sulfide) groups is 1. The summed E-state index contributed by atoms with van der Waals surface area (Å²) < 4.78 is 11.7. The number of methoxy groups -OCH3 is 1. The number of hydrogen-bond donors (Lipinski definition) is 0. The number of allylic oxidation sites excluding steroid dienone is 1. The summed E-state index contributed by atoms with van der Waals surface area (Å²) in [6.07, 6.45) is 4.05. The molecule has 0 unspecified atom stereocenters. The number of hydrogen-bond acceptors (Lipinski definition) is 5. The molecule has 5 nitrogen and oxygen atoms in total. The maximum absolute atomic E-state index is 13.1. The highest BCUT2D eigenvalue weighted by atomic mass is 35.5. The topological polar surface area (TPSA) is 55.8 Å². The lowest BCUT2D eigenvalue weighted by Gasteiger charge is -2.16. The van der Waals surface area contributed by atoms with Gasteiger partial charge in [0.2, 0.25) is 0 Å². The Morgan fingerprint density at radius 1 is 1.06 bits per heavy atom. The molecule has 0 N–H and O–H groups in total. The SMILES string of the molecule is C=CCc1cc(/C=C2\SC(=O)N(Cc3cccc(C)c3)C2=O)cc(OC)c1OCc1ccc(Cl)cc1. The molecule has 0 spiro atoms. The molecule has 0 bridgehead atoms. The maximum atomic E-state index is 13.1. The van der Waals surface area contributed by atoms with Crippen LogP contribution in [-0.4, -0.2) is 23.2 Å². The fraction of sp³-hybridized carbons (Fsp3) is 0.172. The molecule has 0 radical (unpaired) electrons. The Labute approximate surface area is 220 Å². The number of amides is 2. The molecule has 7 heteroatoms. The van der Waals surface area contributed by atoms with Gasteiger partial charge in [-0.2, -0.15) is 0 Å². The molecule has 0 atom stereocenters. The average Bonchev–Trinajstić information content (AvgIpc) is 3.11. The fourth-order valence-corrected chi connectivity index (χ4v) is 4.87. The van der Waals surface area contributed by atoms with Crippen molar-refractivity contribution < 1.29 is 19.1 Å². The van der Waals surface area contributed by atoms with E-state index in [-0.39, 0.29) is 17.7 Å². The van der Waals surface area contributed by atoms with Crippen molar-refractivity contribution in [2.45, 2.75) is 26.5 Å². The number of ether oxygens (including phenoxy) is 2. The van der Waals surface area contributed by atoms with Crippen molar-refractivity contribution in [3.63, 3.8) is 0 Å². The zero-order valence-electron chi connectivity index (χ0n) is 20.1. The quantitative estimate of drug-likeness (QED) is 0.221. The molecule has 3 aromatic carbocycles. The first-order valence-corrected chi connectivity index (χ1v) is 12.6. The monoisotopic (exact) mass is 519 g/mol. The van der Waals surface area contributed by atoms with Gasteiger partial charge in [-0.1, -0.05) is 59.6 Å². The molecule has 2 amide bonds. The molecule has 1 heterocycles. The van der Waals surface area contributed by atoms with Gasteiger partial charge in [-0.25, -0.2) is 0 Å². The highest BCUT2D eigenvalue weighted by Gasteiger charge is 2.35. The molecule has 0 aliphatic carbocycles. The number of carbonyl (C=O) groups excluding carboxylic acids is 2. The number of aryl methyl sites for hydroxylation is 1. The van der Waals surface area contributed by atoms with Crippen LogP contribution in [-0.2, 0) is 24.4 Å². The van der Waals surface area contributed by atoms with Crippen molar-refractivity contribution in [2.24, 2.45) is 0 Å². The Morgan fingerprint density at radius 2 is 1.83 bits per heavy atom. The van der Waals surface area contributed by atoms with Gasteiger partial charge in [0.05, 0.1) is 18.6 Å². The van der Waals surface area contributed by atoms with E-state index in [1.807, 2.05) is 61.5 Å². The van der Waals surface area contributed by atoms with Gasteiger partial charge in [0.25, 0.3) is 11.1 Å². The highest BCUT2D eigenvalue weighted by Crippen LogP contribution is 2.38. The summed E-state index contributed by atoms with van der Waals surface area (Å²) in [5.74, 6) is 0.837. The van der Waals surface area contributed by atoms with E-state index in [1.54, 1.807) is 25.3 Å². The summed E-state index contributed by atoms with van der Waals surface area (Å²) >= 11 is 6.92. The van der Waals surface area contributed by atoms with Crippen LogP contribution in [0.25, 0.3) is 6.08 Å². The minimum absolute atomic E-state index is 0.242. The van der Waals surface area contributed by atoms with Gasteiger partial charge in [-0.15, -0.1) is 6.58 Å². The van der Waals surface area contributed by atoms with Crippen LogP contribution in [0.2, 0.25) is 5.02 Å². The van der Waals surface area contributed by atoms with E-state index in [2.05, 4.69) is 6.58 Å². The highest BCUT2D eigenvalue weighted by molar-refractivity contribution is 8.18. The normalized spacial score (nSPS) is 14.4. The second kappa shape index (κ2) is 11.5. The van der Waals surface area contributed by atoms with Crippen LogP contribution in [0.5, 0.6) is 11.5 Å². The first-order valence-electron chi connectivity index (χ1n) is 11.4. The molecule has 0 saturated carbocycles. The maximum Gasteiger partial charge on any atom is 0.293 e. The first-order chi connectivity index (χ1) is 17.4. The molecule has 3 aromatic rings. The Balaban J connectivity index is 1.59. The van der Waals surface area contributed by atoms with Crippen LogP contribution < -0.4 is 9.47 Å². The summed E-state index contributed by atoms with van der Waals surface area (Å²) in [7, 11) is 1.57. The van der Waals surface area contributed by atoms with Gasteiger partial charge >= 0.3 is 0 Å². The molecule has 1 fully saturated rings. The van der Waals surface area contributed by atoms with Gasteiger partial charge in [-0.3, -0.25) is 14.5 Å². The zero-order valence-corrected chi connectivity index (χ0v) is 21.7. The number of carbonyl (C=O) groups is 2. The third kappa shape index (κ3) is 6.01. The minimum Gasteiger partial charge on any atom is -0.493 e. The summed E-state index contributed by atoms with van der Waals surface area (Å²) in [5, 5.41) is 0.380. The lowest BCUT2D eigenvalue weighted by Crippen LogP contribution is -2.27. The second-order valence-corrected chi connectivity index (χ2v) is 9.81. The van der Waals surface area contributed by atoms with Crippen molar-refractivity contribution in [1.29, 1.82) is 0 Å². The van der Waals surface area contributed by atoms with Crippen LogP contribution in [0.15, 0.2) is 78.2 Å². The van der Waals surface area contributed by atoms with Crippen molar-refractivity contribution in [3.05, 3.63) is 111 Å². The molecule has 1 aliphatic heterocycles. The number of rotatable bonds is 9. The largest absolute Gasteiger partial charge is 0.493 e. The number of imide groups is 1. The van der Waals surface area contributed by atoms with E-state index in [0.717, 1.165) is 39.6 Å². The second-order valence-electron chi connectivity index (χ2n) is 8.38. The van der Waals surface area contributed by atoms with E-state index < -0.39 is 0 Å². The summed E-state index contributed by atoms with van der Waals surface area (Å²) in [6.45, 7) is 6.42. The van der Waals surface area contributed by atoms with Crippen molar-refractivity contribution >= 4 is 40.6 Å². The van der Waals surface area contributed by atoms with E-state index >= 15 is 0 Å². The third-order valence-corrected chi connectivity index (χ3v) is 6.79. The van der Waals surface area contributed by atoms with Crippen LogP contribution >= 0.6 is 23.4 Å². The molecule has 184 valence electrons. The van der Waals surface area contributed by atoms with Gasteiger partial charge in [0.1, 0.15) is 6.61 Å². The summed E-state index contributed by atoms with van der Waals surface area (Å²) in [6, 6.07) is 19.0. The molecular formula is C29H26ClNO4S. The van der Waals surface area contributed by atoms with Gasteiger partial charge in [-0.05, 0) is 72.1 Å². The predicted octanol–water partition coefficient (Wildman–Crippen LogP) is 7.20. The Morgan fingerprint density at radius 3 is 2.53 bits per heavy atom. The van der Waals surface area contributed by atoms with Gasteiger partial charge in [0.15, 0.2) is 11.5 Å². The van der Waals surface area contributed by atoms with E-state index in [4.69, 9.17) is 21.1 Å². The van der Waals surface area contributed by atoms with Crippen LogP contribution in [0.1, 0.15) is 27.8 Å². The molecule has 36 heavy (non-hydrogen) atoms. The molecule has 1 saturated heterocycles. The summed E-state index contributed by atoms with van der Waals surface area (Å²) in [5.41, 5.74) is 4.57. The predicted molar refractivity (Wildman–Crippen MR) is 145 cm³/mol. The Kier molecular flexibility index (Phi) is 8.18. The fourth-order valence-electron chi connectivity index (χ4n) is 3.91. The Bertz CT molecular complexity index is 1330. The lowest BCUT2D eigenvalue weighted by molar-refractivity contribution is -0.123. The summed E-state index contributed by atoms with van der Waals surface area (Å²) in [4.78, 5) is 27.3. The molecule has 1 aliphatic rings. The third-order valence-electron chi connectivity index (χ3n) is 5.63. The molecule has 0 aromatic heterocycles. The molecular weight excluding hydrogens is 494 g/mol. The zero-order chi connectivity index (χ0) is 25.7. The van der Waals surface area contributed by atoms with Crippen LogP contribution in [0.3, 0.4) is 0 Å². The number of benzene rings is 3. The van der Waals surface area contributed by atoms with Crippen LogP contribution in [0, 0.1) is 6.92 Å². The van der Waals surface area contributed by atoms with Crippen molar-refractivity contribution in [3.8, 4) is 11.5 Å². The number of halogens is 1.